The third-order valence-electron chi connectivity index (χ3n) is 11.4. The van der Waals surface area contributed by atoms with Crippen LogP contribution in [0.3, 0.4) is 0 Å². The third kappa shape index (κ3) is 7.09. The number of anilines is 4. The number of aromatic nitrogens is 5. The SMILES string of the molecule is COC1CCN(c2nccc(Nc3cc4c(cn3)c(N3CCC(N(C)Cc5ccc6c(c5)CN(C5CCC(=O)NC5=O)C6=O)CC3)nn4C(C)C)n2)CC1. The molecule has 0 saturated carbocycles. The van der Waals surface area contributed by atoms with Gasteiger partial charge in [-0.15, -0.1) is 0 Å². The average molecular weight is 736 g/mol. The van der Waals surface area contributed by atoms with Gasteiger partial charge < -0.3 is 24.8 Å². The number of hydrogen-bond acceptors (Lipinski definition) is 12. The Morgan fingerprint density at radius 3 is 2.48 bits per heavy atom. The monoisotopic (exact) mass is 735 g/mol. The second kappa shape index (κ2) is 14.9. The normalized spacial score (nSPS) is 20.1. The number of benzene rings is 1. The highest BCUT2D eigenvalue weighted by molar-refractivity contribution is 6.05. The number of nitrogens with zero attached hydrogens (tertiary/aromatic N) is 9. The fraction of sp³-hybridized carbons (Fsp3) is 0.513. The molecule has 3 fully saturated rings. The number of hydrogen-bond donors (Lipinski definition) is 2. The molecule has 0 bridgehead atoms. The Hall–Kier alpha value is -5.15. The summed E-state index contributed by atoms with van der Waals surface area (Å²) in [7, 11) is 3.94. The molecule has 2 N–H and O–H groups in total. The number of carbonyl (C=O) groups is 3. The van der Waals surface area contributed by atoms with E-state index in [0.29, 0.717) is 48.3 Å². The van der Waals surface area contributed by atoms with Gasteiger partial charge in [0.15, 0.2) is 5.82 Å². The number of carbonyl (C=O) groups excluding carboxylic acids is 3. The van der Waals surface area contributed by atoms with Crippen LogP contribution in [0.25, 0.3) is 10.9 Å². The van der Waals surface area contributed by atoms with Crippen LogP contribution < -0.4 is 20.4 Å². The van der Waals surface area contributed by atoms with E-state index in [2.05, 4.69) is 68.0 Å². The molecule has 1 atom stereocenters. The van der Waals surface area contributed by atoms with Gasteiger partial charge in [0.2, 0.25) is 17.8 Å². The van der Waals surface area contributed by atoms with E-state index in [4.69, 9.17) is 19.8 Å². The first-order valence-corrected chi connectivity index (χ1v) is 19.1. The number of imide groups is 1. The van der Waals surface area contributed by atoms with Crippen molar-refractivity contribution in [2.75, 3.05) is 55.5 Å². The zero-order chi connectivity index (χ0) is 37.5. The van der Waals surface area contributed by atoms with Crippen molar-refractivity contribution in [1.82, 2.24) is 39.8 Å². The maximum atomic E-state index is 13.2. The zero-order valence-electron chi connectivity index (χ0n) is 31.5. The van der Waals surface area contributed by atoms with Gasteiger partial charge in [-0.2, -0.15) is 10.1 Å². The summed E-state index contributed by atoms with van der Waals surface area (Å²) in [5, 5.41) is 11.9. The molecule has 4 aliphatic rings. The standard InChI is InChI=1S/C39H49N11O4/c1-24(2)50-32-20-34(42-33-9-14-40-39(43-33)48-17-12-28(54-4)13-18-48)41-21-30(32)36(45-50)47-15-10-27(11-16-47)46(3)22-25-5-6-29-26(19-25)23-49(38(29)53)31-7-8-35(51)44-37(31)52/h5-6,9,14,19-21,24,27-28,31H,7-8,10-13,15-18,22-23H2,1-4H3,(H,44,51,52)(H,40,41,42,43). The predicted molar refractivity (Wildman–Crippen MR) is 205 cm³/mol. The van der Waals surface area contributed by atoms with Crippen molar-refractivity contribution in [1.29, 1.82) is 0 Å². The van der Waals surface area contributed by atoms with Crippen LogP contribution in [0.2, 0.25) is 0 Å². The Labute approximate surface area is 315 Å². The molecule has 8 rings (SSSR count). The first-order valence-electron chi connectivity index (χ1n) is 19.1. The lowest BCUT2D eigenvalue weighted by molar-refractivity contribution is -0.136. The topological polar surface area (TPSA) is 154 Å². The van der Waals surface area contributed by atoms with Crippen LogP contribution in [0.4, 0.5) is 23.4 Å². The van der Waals surface area contributed by atoms with Crippen molar-refractivity contribution in [3.63, 3.8) is 0 Å². The van der Waals surface area contributed by atoms with E-state index in [0.717, 1.165) is 86.3 Å². The van der Waals surface area contributed by atoms with Gasteiger partial charge in [0, 0.05) is 88.9 Å². The largest absolute Gasteiger partial charge is 0.381 e. The van der Waals surface area contributed by atoms with E-state index in [1.54, 1.807) is 18.2 Å². The summed E-state index contributed by atoms with van der Waals surface area (Å²) < 4.78 is 7.61. The van der Waals surface area contributed by atoms with Crippen molar-refractivity contribution >= 4 is 52.0 Å². The molecule has 1 unspecified atom stereocenters. The fourth-order valence-corrected chi connectivity index (χ4v) is 8.37. The summed E-state index contributed by atoms with van der Waals surface area (Å²) in [5.41, 5.74) is 3.74. The van der Waals surface area contributed by atoms with Gasteiger partial charge in [0.05, 0.1) is 17.0 Å². The summed E-state index contributed by atoms with van der Waals surface area (Å²) >= 11 is 0. The van der Waals surface area contributed by atoms with E-state index in [1.165, 1.54) is 0 Å². The summed E-state index contributed by atoms with van der Waals surface area (Å²) in [6, 6.07) is 9.89. The first kappa shape index (κ1) is 35.9. The Morgan fingerprint density at radius 1 is 0.963 bits per heavy atom. The van der Waals surface area contributed by atoms with Gasteiger partial charge in [-0.25, -0.2) is 9.97 Å². The lowest BCUT2D eigenvalue weighted by Crippen LogP contribution is -2.52. The number of piperidine rings is 3. The van der Waals surface area contributed by atoms with Crippen LogP contribution >= 0.6 is 0 Å². The highest BCUT2D eigenvalue weighted by atomic mass is 16.5. The molecule has 4 aromatic rings. The van der Waals surface area contributed by atoms with Crippen molar-refractivity contribution < 1.29 is 19.1 Å². The van der Waals surface area contributed by atoms with Gasteiger partial charge in [-0.3, -0.25) is 29.3 Å². The average Bonchev–Trinajstić information content (AvgIpc) is 3.72. The number of amides is 3. The van der Waals surface area contributed by atoms with Crippen LogP contribution in [-0.4, -0.2) is 111 Å². The predicted octanol–water partition coefficient (Wildman–Crippen LogP) is 4.02. The zero-order valence-corrected chi connectivity index (χ0v) is 31.5. The molecule has 0 aliphatic carbocycles. The molecule has 15 heteroatoms. The maximum absolute atomic E-state index is 13.2. The molecule has 3 amide bonds. The minimum absolute atomic E-state index is 0.143. The van der Waals surface area contributed by atoms with Crippen molar-refractivity contribution in [3.05, 3.63) is 59.4 Å². The molecule has 7 heterocycles. The minimum Gasteiger partial charge on any atom is -0.381 e. The van der Waals surface area contributed by atoms with Crippen molar-refractivity contribution in [3.8, 4) is 0 Å². The van der Waals surface area contributed by atoms with Gasteiger partial charge >= 0.3 is 0 Å². The highest BCUT2D eigenvalue weighted by Crippen LogP contribution is 2.33. The molecule has 3 aromatic heterocycles. The molecule has 4 aliphatic heterocycles. The number of nitrogens with one attached hydrogen (secondary N) is 2. The molecule has 0 radical (unpaired) electrons. The number of methoxy groups -OCH3 is 1. The Bertz CT molecular complexity index is 2050. The van der Waals surface area contributed by atoms with E-state index < -0.39 is 6.04 Å². The molecular weight excluding hydrogens is 687 g/mol. The molecule has 15 nitrogen and oxygen atoms in total. The summed E-state index contributed by atoms with van der Waals surface area (Å²) in [6.07, 6.45) is 8.52. The van der Waals surface area contributed by atoms with Crippen LogP contribution in [0.5, 0.6) is 0 Å². The fourth-order valence-electron chi connectivity index (χ4n) is 8.37. The summed E-state index contributed by atoms with van der Waals surface area (Å²) in [5.74, 6) is 2.27. The number of rotatable bonds is 10. The van der Waals surface area contributed by atoms with Crippen molar-refractivity contribution in [2.24, 2.45) is 0 Å². The third-order valence-corrected chi connectivity index (χ3v) is 11.4. The van der Waals surface area contributed by atoms with Crippen LogP contribution in [0, 0.1) is 0 Å². The Kier molecular flexibility index (Phi) is 9.92. The second-order valence-corrected chi connectivity index (χ2v) is 15.3. The number of pyridine rings is 1. The van der Waals surface area contributed by atoms with Gasteiger partial charge in [0.25, 0.3) is 5.91 Å². The quantitative estimate of drug-likeness (QED) is 0.226. The highest BCUT2D eigenvalue weighted by Gasteiger charge is 2.39. The molecule has 284 valence electrons. The van der Waals surface area contributed by atoms with E-state index in [-0.39, 0.29) is 30.2 Å². The second-order valence-electron chi connectivity index (χ2n) is 15.3. The number of ether oxygens (including phenoxy) is 1. The van der Waals surface area contributed by atoms with Crippen LogP contribution in [0.15, 0.2) is 42.7 Å². The Morgan fingerprint density at radius 2 is 1.74 bits per heavy atom. The molecule has 3 saturated heterocycles. The first-order chi connectivity index (χ1) is 26.1. The molecule has 1 aromatic carbocycles. The van der Waals surface area contributed by atoms with Gasteiger partial charge in [-0.1, -0.05) is 12.1 Å². The summed E-state index contributed by atoms with van der Waals surface area (Å²) in [4.78, 5) is 60.0. The number of fused-ring (bicyclic) bond motifs is 2. The minimum atomic E-state index is -0.606. The lowest BCUT2D eigenvalue weighted by Gasteiger charge is -2.37. The maximum Gasteiger partial charge on any atom is 0.255 e. The smallest absolute Gasteiger partial charge is 0.255 e. The van der Waals surface area contributed by atoms with E-state index in [9.17, 15) is 14.4 Å². The van der Waals surface area contributed by atoms with E-state index >= 15 is 0 Å². The lowest BCUT2D eigenvalue weighted by atomic mass is 10.0. The van der Waals surface area contributed by atoms with E-state index in [1.807, 2.05) is 24.4 Å². The summed E-state index contributed by atoms with van der Waals surface area (Å²) in [6.45, 7) is 8.93. The molecular formula is C39H49N11O4. The van der Waals surface area contributed by atoms with Crippen LogP contribution in [0.1, 0.15) is 79.9 Å². The molecule has 0 spiro atoms. The Balaban J connectivity index is 0.903. The van der Waals surface area contributed by atoms with Crippen LogP contribution in [-0.2, 0) is 27.4 Å². The molecule has 54 heavy (non-hydrogen) atoms. The van der Waals surface area contributed by atoms with Gasteiger partial charge in [-0.05, 0) is 76.3 Å². The van der Waals surface area contributed by atoms with Gasteiger partial charge in [0.1, 0.15) is 17.7 Å². The van der Waals surface area contributed by atoms with Crippen molar-refractivity contribution in [2.45, 2.75) is 89.7 Å².